The predicted octanol–water partition coefficient (Wildman–Crippen LogP) is 3.70. The average molecular weight is 287 g/mol. The number of rotatable bonds is 2. The lowest BCUT2D eigenvalue weighted by Crippen LogP contribution is -2.00. The van der Waals surface area contributed by atoms with Crippen LogP contribution in [-0.2, 0) is 4.74 Å². The van der Waals surface area contributed by atoms with Crippen LogP contribution in [0.1, 0.15) is 10.4 Å². The maximum absolute atomic E-state index is 13.3. The predicted molar refractivity (Wildman–Crippen MR) is 74.5 cm³/mol. The number of hydrogen-bond acceptors (Lipinski definition) is 2. The van der Waals surface area contributed by atoms with Crippen LogP contribution in [0.3, 0.4) is 0 Å². The lowest BCUT2D eigenvalue weighted by molar-refractivity contribution is 0.0601. The van der Waals surface area contributed by atoms with Gasteiger partial charge in [0.1, 0.15) is 0 Å². The van der Waals surface area contributed by atoms with Gasteiger partial charge in [-0.15, -0.1) is 0 Å². The Hall–Kier alpha value is -2.69. The van der Waals surface area contributed by atoms with E-state index in [2.05, 4.69) is 4.74 Å². The number of aromatic nitrogens is 1. The summed E-state index contributed by atoms with van der Waals surface area (Å²) in [6.07, 6.45) is 1.73. The molecule has 2 aromatic carbocycles. The van der Waals surface area contributed by atoms with E-state index in [1.807, 2.05) is 0 Å². The molecule has 0 aliphatic heterocycles. The highest BCUT2D eigenvalue weighted by atomic mass is 19.2. The molecule has 0 spiro atoms. The first-order valence-corrected chi connectivity index (χ1v) is 6.25. The van der Waals surface area contributed by atoms with Crippen LogP contribution in [0.4, 0.5) is 8.78 Å². The van der Waals surface area contributed by atoms with Crippen molar-refractivity contribution < 1.29 is 18.3 Å². The number of nitrogens with zero attached hydrogens (tertiary/aromatic N) is 1. The van der Waals surface area contributed by atoms with E-state index in [0.29, 0.717) is 11.3 Å². The van der Waals surface area contributed by atoms with Crippen molar-refractivity contribution in [2.75, 3.05) is 7.11 Å². The number of methoxy groups -OCH3 is 1. The molecule has 0 atom stereocenters. The van der Waals surface area contributed by atoms with Crippen molar-refractivity contribution in [3.05, 3.63) is 65.9 Å². The summed E-state index contributed by atoms with van der Waals surface area (Å²) in [5, 5.41) is 0.808. The van der Waals surface area contributed by atoms with Gasteiger partial charge in [0.05, 0.1) is 18.2 Å². The van der Waals surface area contributed by atoms with E-state index in [0.717, 1.165) is 23.0 Å². The normalized spacial score (nSPS) is 10.8. The lowest BCUT2D eigenvalue weighted by Gasteiger charge is -2.06. The number of hydrogen-bond donors (Lipinski definition) is 0. The minimum Gasteiger partial charge on any atom is -0.465 e. The second-order valence-electron chi connectivity index (χ2n) is 4.55. The second-order valence-corrected chi connectivity index (χ2v) is 4.55. The van der Waals surface area contributed by atoms with Crippen LogP contribution in [-0.4, -0.2) is 17.6 Å². The van der Waals surface area contributed by atoms with Crippen molar-refractivity contribution >= 4 is 16.9 Å². The summed E-state index contributed by atoms with van der Waals surface area (Å²) in [5.41, 5.74) is 1.73. The van der Waals surface area contributed by atoms with Crippen LogP contribution in [0, 0.1) is 11.6 Å². The third kappa shape index (κ3) is 2.27. The van der Waals surface area contributed by atoms with Crippen LogP contribution >= 0.6 is 0 Å². The van der Waals surface area contributed by atoms with Crippen molar-refractivity contribution in [1.82, 2.24) is 4.57 Å². The summed E-state index contributed by atoms with van der Waals surface area (Å²) in [7, 11) is 1.32. The van der Waals surface area contributed by atoms with Gasteiger partial charge in [-0.05, 0) is 36.4 Å². The van der Waals surface area contributed by atoms with Gasteiger partial charge in [-0.2, -0.15) is 0 Å². The molecule has 0 aliphatic carbocycles. The van der Waals surface area contributed by atoms with Crippen LogP contribution < -0.4 is 0 Å². The fourth-order valence-electron chi connectivity index (χ4n) is 2.25. The molecule has 0 bridgehead atoms. The Kier molecular flexibility index (Phi) is 3.17. The van der Waals surface area contributed by atoms with Crippen molar-refractivity contribution in [3.8, 4) is 5.69 Å². The molecule has 3 aromatic rings. The minimum atomic E-state index is -0.902. The van der Waals surface area contributed by atoms with E-state index in [4.69, 9.17) is 0 Å². The molecule has 3 rings (SSSR count). The summed E-state index contributed by atoms with van der Waals surface area (Å²) in [5.74, 6) is -2.21. The molecule has 0 unspecified atom stereocenters. The Labute approximate surface area is 119 Å². The molecule has 0 saturated heterocycles. The van der Waals surface area contributed by atoms with Crippen molar-refractivity contribution in [2.24, 2.45) is 0 Å². The van der Waals surface area contributed by atoms with Crippen molar-refractivity contribution in [3.63, 3.8) is 0 Å². The molecule has 0 saturated carbocycles. The third-order valence-corrected chi connectivity index (χ3v) is 3.29. The zero-order valence-corrected chi connectivity index (χ0v) is 11.1. The SMILES string of the molecule is COC(=O)c1ccc2c(ccn2-c2ccc(F)c(F)c2)c1. The standard InChI is InChI=1S/C16H11F2NO2/c1-21-16(20)11-2-5-15-10(8-11)6-7-19(15)12-3-4-13(17)14(18)9-12/h2-9H,1H3. The van der Waals surface area contributed by atoms with Gasteiger partial charge in [-0.1, -0.05) is 0 Å². The molecule has 5 heteroatoms. The highest BCUT2D eigenvalue weighted by Gasteiger charge is 2.10. The molecule has 1 heterocycles. The fraction of sp³-hybridized carbons (Fsp3) is 0.0625. The van der Waals surface area contributed by atoms with E-state index in [9.17, 15) is 13.6 Å². The highest BCUT2D eigenvalue weighted by Crippen LogP contribution is 2.23. The van der Waals surface area contributed by atoms with Gasteiger partial charge in [0, 0.05) is 23.3 Å². The number of halogens is 2. The molecule has 0 aliphatic rings. The van der Waals surface area contributed by atoms with E-state index in [1.165, 1.54) is 13.2 Å². The smallest absolute Gasteiger partial charge is 0.337 e. The zero-order valence-electron chi connectivity index (χ0n) is 11.1. The molecular weight excluding hydrogens is 276 g/mol. The van der Waals surface area contributed by atoms with E-state index in [-0.39, 0.29) is 0 Å². The number of carbonyl (C=O) groups excluding carboxylic acids is 1. The summed E-state index contributed by atoms with van der Waals surface area (Å²) in [4.78, 5) is 11.5. The second kappa shape index (κ2) is 5.01. The lowest BCUT2D eigenvalue weighted by atomic mass is 10.1. The molecule has 1 aromatic heterocycles. The first kappa shape index (κ1) is 13.3. The molecule has 0 amide bonds. The van der Waals surface area contributed by atoms with Gasteiger partial charge in [0.15, 0.2) is 11.6 Å². The monoisotopic (exact) mass is 287 g/mol. The van der Waals surface area contributed by atoms with Gasteiger partial charge in [0.2, 0.25) is 0 Å². The summed E-state index contributed by atoms with van der Waals surface area (Å²) in [6.45, 7) is 0. The van der Waals surface area contributed by atoms with Crippen molar-refractivity contribution in [1.29, 1.82) is 0 Å². The van der Waals surface area contributed by atoms with E-state index < -0.39 is 17.6 Å². The topological polar surface area (TPSA) is 31.2 Å². The van der Waals surface area contributed by atoms with Gasteiger partial charge >= 0.3 is 5.97 Å². The minimum absolute atomic E-state index is 0.419. The number of benzene rings is 2. The number of fused-ring (bicyclic) bond motifs is 1. The quantitative estimate of drug-likeness (QED) is 0.673. The molecule has 106 valence electrons. The number of carbonyl (C=O) groups is 1. The zero-order chi connectivity index (χ0) is 15.0. The van der Waals surface area contributed by atoms with Crippen LogP contribution in [0.15, 0.2) is 48.7 Å². The first-order chi connectivity index (χ1) is 10.1. The first-order valence-electron chi connectivity index (χ1n) is 6.25. The Morgan fingerprint density at radius 1 is 1.05 bits per heavy atom. The van der Waals surface area contributed by atoms with Crippen molar-refractivity contribution in [2.45, 2.75) is 0 Å². The molecule has 3 nitrogen and oxygen atoms in total. The molecule has 0 radical (unpaired) electrons. The van der Waals surface area contributed by atoms with Gasteiger partial charge in [0.25, 0.3) is 0 Å². The Morgan fingerprint density at radius 2 is 1.86 bits per heavy atom. The van der Waals surface area contributed by atoms with E-state index in [1.54, 1.807) is 35.0 Å². The molecule has 21 heavy (non-hydrogen) atoms. The van der Waals surface area contributed by atoms with E-state index >= 15 is 0 Å². The highest BCUT2D eigenvalue weighted by molar-refractivity contribution is 5.95. The van der Waals surface area contributed by atoms with Crippen LogP contribution in [0.25, 0.3) is 16.6 Å². The largest absolute Gasteiger partial charge is 0.465 e. The fourth-order valence-corrected chi connectivity index (χ4v) is 2.25. The third-order valence-electron chi connectivity index (χ3n) is 3.29. The summed E-state index contributed by atoms with van der Waals surface area (Å²) < 4.78 is 32.7. The molecule has 0 N–H and O–H groups in total. The maximum atomic E-state index is 13.3. The van der Waals surface area contributed by atoms with Crippen LogP contribution in [0.2, 0.25) is 0 Å². The Balaban J connectivity index is 2.12. The van der Waals surface area contributed by atoms with Gasteiger partial charge in [-0.25, -0.2) is 13.6 Å². The average Bonchev–Trinajstić information content (AvgIpc) is 2.92. The van der Waals surface area contributed by atoms with Crippen LogP contribution in [0.5, 0.6) is 0 Å². The number of esters is 1. The van der Waals surface area contributed by atoms with Gasteiger partial charge in [-0.3, -0.25) is 0 Å². The molecule has 0 fully saturated rings. The maximum Gasteiger partial charge on any atom is 0.337 e. The Morgan fingerprint density at radius 3 is 2.57 bits per heavy atom. The Bertz CT molecular complexity index is 839. The molecular formula is C16H11F2NO2. The summed E-state index contributed by atoms with van der Waals surface area (Å²) in [6, 6.07) is 10.6. The number of ether oxygens (including phenoxy) is 1. The van der Waals surface area contributed by atoms with Gasteiger partial charge < -0.3 is 9.30 Å². The summed E-state index contributed by atoms with van der Waals surface area (Å²) >= 11 is 0.